The number of carboxylic acid groups (broad SMARTS) is 1. The summed E-state index contributed by atoms with van der Waals surface area (Å²) in [5.41, 5.74) is 1.97. The number of aryl methyl sites for hydroxylation is 1. The summed E-state index contributed by atoms with van der Waals surface area (Å²) in [4.78, 5) is 13.9. The van der Waals surface area contributed by atoms with Crippen molar-refractivity contribution in [3.8, 4) is 0 Å². The van der Waals surface area contributed by atoms with Crippen LogP contribution in [0.25, 0.3) is 0 Å². The van der Waals surface area contributed by atoms with Crippen LogP contribution >= 0.6 is 23.4 Å². The van der Waals surface area contributed by atoms with Gasteiger partial charge in [-0.2, -0.15) is 0 Å². The Balaban J connectivity index is 2.46. The molecule has 0 aromatic heterocycles. The van der Waals surface area contributed by atoms with Gasteiger partial charge in [0.15, 0.2) is 0 Å². The molecule has 1 aromatic carbocycles. The lowest BCUT2D eigenvalue weighted by Gasteiger charge is -2.36. The summed E-state index contributed by atoms with van der Waals surface area (Å²) in [6.07, 6.45) is 0. The molecule has 1 aromatic rings. The zero-order valence-corrected chi connectivity index (χ0v) is 11.3. The fourth-order valence-electron chi connectivity index (χ4n) is 1.99. The Morgan fingerprint density at radius 3 is 3.00 bits per heavy atom. The quantitative estimate of drug-likeness (QED) is 0.898. The predicted octanol–water partition coefficient (Wildman–Crippen LogP) is 3.03. The summed E-state index contributed by atoms with van der Waals surface area (Å²) in [6.45, 7) is 4.01. The number of halogens is 1. The fourth-order valence-corrected chi connectivity index (χ4v) is 3.67. The van der Waals surface area contributed by atoms with Gasteiger partial charge in [-0.3, -0.25) is 4.79 Å². The van der Waals surface area contributed by atoms with Gasteiger partial charge in [0, 0.05) is 16.7 Å². The van der Waals surface area contributed by atoms with Crippen molar-refractivity contribution in [2.45, 2.75) is 24.8 Å². The maximum Gasteiger partial charge on any atom is 0.323 e. The summed E-state index contributed by atoms with van der Waals surface area (Å²) < 4.78 is 0. The van der Waals surface area contributed by atoms with Gasteiger partial charge in [0.05, 0.1) is 10.7 Å². The van der Waals surface area contributed by atoms with E-state index >= 15 is 0 Å². The molecule has 17 heavy (non-hydrogen) atoms. The lowest BCUT2D eigenvalue weighted by Crippen LogP contribution is -2.41. The SMILES string of the molecule is Cc1cc(Cl)c2c(c1)SCC(C)N2CC(=O)O. The van der Waals surface area contributed by atoms with Gasteiger partial charge in [-0.05, 0) is 31.5 Å². The van der Waals surface area contributed by atoms with E-state index in [1.807, 2.05) is 24.8 Å². The minimum absolute atomic E-state index is 0.00247. The van der Waals surface area contributed by atoms with Crippen LogP contribution in [-0.2, 0) is 4.79 Å². The number of benzene rings is 1. The second kappa shape index (κ2) is 4.78. The van der Waals surface area contributed by atoms with Crippen LogP contribution in [0.15, 0.2) is 17.0 Å². The second-order valence-corrected chi connectivity index (χ2v) is 5.74. The highest BCUT2D eigenvalue weighted by molar-refractivity contribution is 7.99. The fraction of sp³-hybridized carbons (Fsp3) is 0.417. The molecular formula is C12H14ClNO2S. The molecule has 3 nitrogen and oxygen atoms in total. The molecule has 1 heterocycles. The molecule has 0 amide bonds. The standard InChI is InChI=1S/C12H14ClNO2S/c1-7-3-9(13)12-10(4-7)17-6-8(2)14(12)5-11(15)16/h3-4,8H,5-6H2,1-2H3,(H,15,16). The number of thioether (sulfide) groups is 1. The molecule has 0 aliphatic carbocycles. The van der Waals surface area contributed by atoms with Crippen LogP contribution in [0.3, 0.4) is 0 Å². The Kier molecular flexibility index (Phi) is 3.54. The van der Waals surface area contributed by atoms with E-state index < -0.39 is 5.97 Å². The first-order chi connectivity index (χ1) is 7.99. The van der Waals surface area contributed by atoms with Gasteiger partial charge >= 0.3 is 5.97 Å². The Labute approximate surface area is 110 Å². The molecule has 0 saturated heterocycles. The van der Waals surface area contributed by atoms with E-state index in [4.69, 9.17) is 16.7 Å². The van der Waals surface area contributed by atoms with E-state index in [1.165, 1.54) is 0 Å². The molecule has 92 valence electrons. The Morgan fingerprint density at radius 2 is 2.35 bits per heavy atom. The Morgan fingerprint density at radius 1 is 1.65 bits per heavy atom. The number of hydrogen-bond acceptors (Lipinski definition) is 3. The van der Waals surface area contributed by atoms with E-state index in [2.05, 4.69) is 6.07 Å². The number of fused-ring (bicyclic) bond motifs is 1. The Bertz CT molecular complexity index is 464. The summed E-state index contributed by atoms with van der Waals surface area (Å²) >= 11 is 7.98. The van der Waals surface area contributed by atoms with Crippen molar-refractivity contribution < 1.29 is 9.90 Å². The van der Waals surface area contributed by atoms with E-state index in [9.17, 15) is 4.79 Å². The topological polar surface area (TPSA) is 40.5 Å². The molecule has 0 saturated carbocycles. The molecule has 1 unspecified atom stereocenters. The van der Waals surface area contributed by atoms with Crippen molar-refractivity contribution >= 4 is 35.0 Å². The number of anilines is 1. The smallest absolute Gasteiger partial charge is 0.323 e. The molecule has 2 rings (SSSR count). The van der Waals surface area contributed by atoms with Crippen LogP contribution in [0.2, 0.25) is 5.02 Å². The number of rotatable bonds is 2. The van der Waals surface area contributed by atoms with Crippen molar-refractivity contribution in [3.63, 3.8) is 0 Å². The lowest BCUT2D eigenvalue weighted by atomic mass is 10.1. The van der Waals surface area contributed by atoms with Crippen molar-refractivity contribution in [3.05, 3.63) is 22.7 Å². The van der Waals surface area contributed by atoms with Crippen LogP contribution in [-0.4, -0.2) is 29.4 Å². The Hall–Kier alpha value is -0.870. The van der Waals surface area contributed by atoms with E-state index in [-0.39, 0.29) is 12.6 Å². The highest BCUT2D eigenvalue weighted by Gasteiger charge is 2.27. The van der Waals surface area contributed by atoms with Gasteiger partial charge in [-0.15, -0.1) is 11.8 Å². The third-order valence-corrected chi connectivity index (χ3v) is 4.34. The van der Waals surface area contributed by atoms with E-state index in [0.29, 0.717) is 5.02 Å². The zero-order chi connectivity index (χ0) is 12.6. The number of hydrogen-bond donors (Lipinski definition) is 1. The maximum absolute atomic E-state index is 10.9. The lowest BCUT2D eigenvalue weighted by molar-refractivity contribution is -0.135. The van der Waals surface area contributed by atoms with Crippen molar-refractivity contribution in [1.82, 2.24) is 0 Å². The van der Waals surface area contributed by atoms with Gasteiger partial charge < -0.3 is 10.0 Å². The zero-order valence-electron chi connectivity index (χ0n) is 9.74. The first-order valence-electron chi connectivity index (χ1n) is 5.40. The normalized spacial score (nSPS) is 19.0. The molecule has 1 atom stereocenters. The number of carboxylic acids is 1. The molecular weight excluding hydrogens is 258 g/mol. The maximum atomic E-state index is 10.9. The summed E-state index contributed by atoms with van der Waals surface area (Å²) in [5, 5.41) is 9.60. The molecule has 1 N–H and O–H groups in total. The van der Waals surface area contributed by atoms with Crippen LogP contribution in [0, 0.1) is 6.92 Å². The molecule has 1 aliphatic heterocycles. The van der Waals surface area contributed by atoms with Crippen LogP contribution < -0.4 is 4.90 Å². The highest BCUT2D eigenvalue weighted by Crippen LogP contribution is 2.42. The first-order valence-corrected chi connectivity index (χ1v) is 6.76. The summed E-state index contributed by atoms with van der Waals surface area (Å²) in [6, 6.07) is 4.13. The third-order valence-electron chi connectivity index (χ3n) is 2.78. The van der Waals surface area contributed by atoms with Crippen molar-refractivity contribution in [1.29, 1.82) is 0 Å². The van der Waals surface area contributed by atoms with Gasteiger partial charge in [0.1, 0.15) is 6.54 Å². The first kappa shape index (κ1) is 12.6. The molecule has 0 radical (unpaired) electrons. The molecule has 5 heteroatoms. The number of aliphatic carboxylic acids is 1. The van der Waals surface area contributed by atoms with Crippen LogP contribution in [0.4, 0.5) is 5.69 Å². The summed E-state index contributed by atoms with van der Waals surface area (Å²) in [7, 11) is 0. The monoisotopic (exact) mass is 271 g/mol. The number of nitrogens with zero attached hydrogens (tertiary/aromatic N) is 1. The van der Waals surface area contributed by atoms with Crippen molar-refractivity contribution in [2.24, 2.45) is 0 Å². The number of carbonyl (C=O) groups is 1. The molecule has 0 spiro atoms. The largest absolute Gasteiger partial charge is 0.480 e. The predicted molar refractivity (Wildman–Crippen MR) is 71.4 cm³/mol. The van der Waals surface area contributed by atoms with Gasteiger partial charge in [-0.25, -0.2) is 0 Å². The third kappa shape index (κ3) is 2.53. The minimum Gasteiger partial charge on any atom is -0.480 e. The van der Waals surface area contributed by atoms with E-state index in [0.717, 1.165) is 21.9 Å². The summed E-state index contributed by atoms with van der Waals surface area (Å²) in [5.74, 6) is 0.0615. The van der Waals surface area contributed by atoms with Crippen LogP contribution in [0.1, 0.15) is 12.5 Å². The minimum atomic E-state index is -0.827. The van der Waals surface area contributed by atoms with Gasteiger partial charge in [-0.1, -0.05) is 11.6 Å². The average molecular weight is 272 g/mol. The second-order valence-electron chi connectivity index (χ2n) is 4.28. The van der Waals surface area contributed by atoms with Crippen LogP contribution in [0.5, 0.6) is 0 Å². The van der Waals surface area contributed by atoms with Crippen molar-refractivity contribution in [2.75, 3.05) is 17.2 Å². The van der Waals surface area contributed by atoms with Gasteiger partial charge in [0.2, 0.25) is 0 Å². The highest BCUT2D eigenvalue weighted by atomic mass is 35.5. The average Bonchev–Trinajstić information content (AvgIpc) is 2.21. The molecule has 1 aliphatic rings. The van der Waals surface area contributed by atoms with Gasteiger partial charge in [0.25, 0.3) is 0 Å². The van der Waals surface area contributed by atoms with E-state index in [1.54, 1.807) is 11.8 Å². The molecule has 0 fully saturated rings. The molecule has 0 bridgehead atoms.